The van der Waals surface area contributed by atoms with Gasteiger partial charge in [0.25, 0.3) is 0 Å². The van der Waals surface area contributed by atoms with Crippen LogP contribution in [0.15, 0.2) is 58.7 Å². The number of ether oxygens (including phenoxy) is 1. The minimum Gasteiger partial charge on any atom is -0.477 e. The lowest BCUT2D eigenvalue weighted by Gasteiger charge is -2.20. The van der Waals surface area contributed by atoms with Gasteiger partial charge in [-0.2, -0.15) is 0 Å². The number of amides is 1. The van der Waals surface area contributed by atoms with Crippen molar-refractivity contribution < 1.29 is 19.4 Å². The quantitative estimate of drug-likeness (QED) is 0.588. The van der Waals surface area contributed by atoms with Crippen molar-refractivity contribution in [3.05, 3.63) is 64.3 Å². The number of benzene rings is 2. The van der Waals surface area contributed by atoms with Crippen LogP contribution in [-0.4, -0.2) is 17.0 Å². The Kier molecular flexibility index (Phi) is 6.87. The Morgan fingerprint density at radius 1 is 1.04 bits per heavy atom. The maximum atomic E-state index is 12.4. The molecular weight excluding hydrogens is 422 g/mol. The molecule has 146 valence electrons. The van der Waals surface area contributed by atoms with E-state index in [1.165, 1.54) is 6.08 Å². The second-order valence-electron chi connectivity index (χ2n) is 6.79. The van der Waals surface area contributed by atoms with Crippen molar-refractivity contribution in [2.24, 2.45) is 5.92 Å². The molecule has 1 fully saturated rings. The van der Waals surface area contributed by atoms with Gasteiger partial charge in [0.15, 0.2) is 0 Å². The third-order valence-corrected chi connectivity index (χ3v) is 5.37. The summed E-state index contributed by atoms with van der Waals surface area (Å²) < 4.78 is 6.65. The van der Waals surface area contributed by atoms with Crippen LogP contribution in [0.5, 0.6) is 11.5 Å². The molecule has 0 spiro atoms. The summed E-state index contributed by atoms with van der Waals surface area (Å²) in [6, 6.07) is 14.5. The predicted molar refractivity (Wildman–Crippen MR) is 111 cm³/mol. The van der Waals surface area contributed by atoms with E-state index in [2.05, 4.69) is 21.2 Å². The topological polar surface area (TPSA) is 75.6 Å². The molecule has 0 radical (unpaired) electrons. The molecule has 1 aliphatic rings. The SMILES string of the molecule is O=C(O)/C(=C/c1ccc(Oc2ccccc2Br)cc1)NC(=O)C1CCCCC1. The number of carboxylic acids is 1. The molecule has 0 aromatic heterocycles. The van der Waals surface area contributed by atoms with Crippen LogP contribution in [0.1, 0.15) is 37.7 Å². The Labute approximate surface area is 172 Å². The molecule has 2 aromatic carbocycles. The van der Waals surface area contributed by atoms with Gasteiger partial charge in [0.1, 0.15) is 17.2 Å². The summed E-state index contributed by atoms with van der Waals surface area (Å²) in [7, 11) is 0. The Morgan fingerprint density at radius 2 is 1.71 bits per heavy atom. The molecule has 2 N–H and O–H groups in total. The summed E-state index contributed by atoms with van der Waals surface area (Å²) >= 11 is 3.43. The van der Waals surface area contributed by atoms with Crippen molar-refractivity contribution in [3.8, 4) is 11.5 Å². The van der Waals surface area contributed by atoms with Crippen molar-refractivity contribution in [1.82, 2.24) is 5.32 Å². The van der Waals surface area contributed by atoms with Crippen LogP contribution in [0.2, 0.25) is 0 Å². The van der Waals surface area contributed by atoms with Gasteiger partial charge >= 0.3 is 5.97 Å². The van der Waals surface area contributed by atoms with Crippen LogP contribution in [0, 0.1) is 5.92 Å². The lowest BCUT2D eigenvalue weighted by molar-refractivity contribution is -0.135. The molecule has 1 amide bonds. The van der Waals surface area contributed by atoms with Gasteiger partial charge in [-0.3, -0.25) is 4.79 Å². The van der Waals surface area contributed by atoms with Crippen LogP contribution >= 0.6 is 15.9 Å². The average molecular weight is 444 g/mol. The van der Waals surface area contributed by atoms with Crippen molar-refractivity contribution in [1.29, 1.82) is 0 Å². The molecule has 0 atom stereocenters. The monoisotopic (exact) mass is 443 g/mol. The molecule has 2 aromatic rings. The van der Waals surface area contributed by atoms with Gasteiger partial charge in [0, 0.05) is 5.92 Å². The van der Waals surface area contributed by atoms with E-state index in [9.17, 15) is 14.7 Å². The lowest BCUT2D eigenvalue weighted by atomic mass is 9.88. The Hall–Kier alpha value is -2.60. The summed E-state index contributed by atoms with van der Waals surface area (Å²) in [5, 5.41) is 12.0. The first-order valence-corrected chi connectivity index (χ1v) is 10.1. The lowest BCUT2D eigenvalue weighted by Crippen LogP contribution is -2.33. The molecule has 0 unspecified atom stereocenters. The molecule has 0 saturated heterocycles. The highest BCUT2D eigenvalue weighted by Crippen LogP contribution is 2.29. The van der Waals surface area contributed by atoms with Crippen LogP contribution in [0.3, 0.4) is 0 Å². The zero-order valence-corrected chi connectivity index (χ0v) is 16.9. The smallest absolute Gasteiger partial charge is 0.352 e. The van der Waals surface area contributed by atoms with E-state index in [1.54, 1.807) is 24.3 Å². The van der Waals surface area contributed by atoms with E-state index >= 15 is 0 Å². The number of aliphatic carboxylic acids is 1. The number of nitrogens with one attached hydrogen (secondary N) is 1. The fourth-order valence-corrected chi connectivity index (χ4v) is 3.57. The molecule has 3 rings (SSSR count). The zero-order chi connectivity index (χ0) is 19.9. The molecule has 28 heavy (non-hydrogen) atoms. The first-order valence-electron chi connectivity index (χ1n) is 9.31. The first-order chi connectivity index (χ1) is 13.5. The number of para-hydroxylation sites is 1. The van der Waals surface area contributed by atoms with Crippen LogP contribution in [0.4, 0.5) is 0 Å². The van der Waals surface area contributed by atoms with Gasteiger partial charge in [-0.05, 0) is 64.7 Å². The minimum absolute atomic E-state index is 0.100. The molecule has 1 saturated carbocycles. The van der Waals surface area contributed by atoms with E-state index in [-0.39, 0.29) is 17.5 Å². The summed E-state index contributed by atoms with van der Waals surface area (Å²) in [5.41, 5.74) is 0.552. The fraction of sp³-hybridized carbons (Fsp3) is 0.273. The molecule has 0 aliphatic heterocycles. The van der Waals surface area contributed by atoms with E-state index < -0.39 is 5.97 Å². The van der Waals surface area contributed by atoms with E-state index in [0.717, 1.165) is 36.6 Å². The van der Waals surface area contributed by atoms with E-state index in [1.807, 2.05) is 24.3 Å². The molecule has 5 nitrogen and oxygen atoms in total. The largest absolute Gasteiger partial charge is 0.477 e. The highest BCUT2D eigenvalue weighted by Gasteiger charge is 2.23. The number of carbonyl (C=O) groups is 2. The van der Waals surface area contributed by atoms with Gasteiger partial charge in [0.05, 0.1) is 4.47 Å². The molecule has 1 aliphatic carbocycles. The number of carbonyl (C=O) groups excluding carboxylic acids is 1. The van der Waals surface area contributed by atoms with Crippen LogP contribution in [-0.2, 0) is 9.59 Å². The van der Waals surface area contributed by atoms with Crippen LogP contribution < -0.4 is 10.1 Å². The third-order valence-electron chi connectivity index (χ3n) is 4.72. The van der Waals surface area contributed by atoms with Crippen molar-refractivity contribution in [3.63, 3.8) is 0 Å². The van der Waals surface area contributed by atoms with Crippen LogP contribution in [0.25, 0.3) is 6.08 Å². The normalized spacial score (nSPS) is 15.1. The molecular formula is C22H22BrNO4. The number of halogens is 1. The van der Waals surface area contributed by atoms with Crippen molar-refractivity contribution in [2.75, 3.05) is 0 Å². The van der Waals surface area contributed by atoms with Gasteiger partial charge < -0.3 is 15.2 Å². The summed E-state index contributed by atoms with van der Waals surface area (Å²) in [5.74, 6) is -0.138. The van der Waals surface area contributed by atoms with E-state index in [4.69, 9.17) is 4.74 Å². The Bertz CT molecular complexity index is 870. The number of hydrogen-bond donors (Lipinski definition) is 2. The molecule has 0 bridgehead atoms. The number of hydrogen-bond acceptors (Lipinski definition) is 3. The maximum Gasteiger partial charge on any atom is 0.352 e. The highest BCUT2D eigenvalue weighted by molar-refractivity contribution is 9.10. The van der Waals surface area contributed by atoms with Gasteiger partial charge in [-0.1, -0.05) is 43.5 Å². The van der Waals surface area contributed by atoms with E-state index in [0.29, 0.717) is 17.1 Å². The maximum absolute atomic E-state index is 12.4. The predicted octanol–water partition coefficient (Wildman–Crippen LogP) is 5.36. The van der Waals surface area contributed by atoms with Crippen molar-refractivity contribution >= 4 is 33.9 Å². The summed E-state index contributed by atoms with van der Waals surface area (Å²) in [6.45, 7) is 0. The zero-order valence-electron chi connectivity index (χ0n) is 15.4. The standard InChI is InChI=1S/C22H22BrNO4/c23-18-8-4-5-9-20(18)28-17-12-10-15(11-13-17)14-19(22(26)27)24-21(25)16-6-2-1-3-7-16/h4-5,8-14,16H,1-3,6-7H2,(H,24,25)(H,26,27)/b19-14-. The second kappa shape index (κ2) is 9.55. The molecule has 0 heterocycles. The van der Waals surface area contributed by atoms with Gasteiger partial charge in [0.2, 0.25) is 5.91 Å². The summed E-state index contributed by atoms with van der Waals surface area (Å²) in [4.78, 5) is 23.9. The minimum atomic E-state index is -1.15. The second-order valence-corrected chi connectivity index (χ2v) is 7.64. The van der Waals surface area contributed by atoms with Gasteiger partial charge in [-0.25, -0.2) is 4.79 Å². The molecule has 6 heteroatoms. The van der Waals surface area contributed by atoms with Gasteiger partial charge in [-0.15, -0.1) is 0 Å². The first kappa shape index (κ1) is 20.1. The Morgan fingerprint density at radius 3 is 2.36 bits per heavy atom. The fourth-order valence-electron chi connectivity index (χ4n) is 3.20. The Balaban J connectivity index is 1.69. The highest BCUT2D eigenvalue weighted by atomic mass is 79.9. The number of rotatable bonds is 6. The third kappa shape index (κ3) is 5.45. The average Bonchev–Trinajstić information content (AvgIpc) is 2.71. The summed E-state index contributed by atoms with van der Waals surface area (Å²) in [6.07, 6.45) is 6.27. The number of carboxylic acid groups (broad SMARTS) is 1. The van der Waals surface area contributed by atoms with Crippen molar-refractivity contribution in [2.45, 2.75) is 32.1 Å².